The SMILES string of the molecule is CC(C)c1conc1C(=O)N1[C@@H]2CC[C@H]1CN(C(=O)Cc1cnoc1)C2. The van der Waals surface area contributed by atoms with Crippen molar-refractivity contribution in [1.29, 1.82) is 0 Å². The molecule has 0 radical (unpaired) electrons. The van der Waals surface area contributed by atoms with Gasteiger partial charge in [-0.15, -0.1) is 0 Å². The van der Waals surface area contributed by atoms with Crippen LogP contribution in [0.15, 0.2) is 27.8 Å². The van der Waals surface area contributed by atoms with Gasteiger partial charge < -0.3 is 18.8 Å². The molecule has 4 rings (SSSR count). The molecule has 0 unspecified atom stereocenters. The maximum absolute atomic E-state index is 13.1. The number of carbonyl (C=O) groups excluding carboxylic acids is 2. The van der Waals surface area contributed by atoms with Crippen molar-refractivity contribution in [2.45, 2.75) is 51.1 Å². The molecule has 8 nitrogen and oxygen atoms in total. The molecule has 26 heavy (non-hydrogen) atoms. The van der Waals surface area contributed by atoms with Crippen LogP contribution in [-0.4, -0.2) is 57.1 Å². The molecule has 2 aliphatic rings. The molecule has 0 aromatic carbocycles. The van der Waals surface area contributed by atoms with Crippen LogP contribution in [0.3, 0.4) is 0 Å². The highest BCUT2D eigenvalue weighted by Crippen LogP contribution is 2.33. The fraction of sp³-hybridized carbons (Fsp3) is 0.556. The van der Waals surface area contributed by atoms with Gasteiger partial charge in [-0.1, -0.05) is 24.2 Å². The summed E-state index contributed by atoms with van der Waals surface area (Å²) >= 11 is 0. The van der Waals surface area contributed by atoms with Gasteiger partial charge in [-0.3, -0.25) is 9.59 Å². The summed E-state index contributed by atoms with van der Waals surface area (Å²) in [6.07, 6.45) is 6.69. The Morgan fingerprint density at radius 1 is 1.19 bits per heavy atom. The van der Waals surface area contributed by atoms with E-state index >= 15 is 0 Å². The van der Waals surface area contributed by atoms with Gasteiger partial charge in [0.2, 0.25) is 5.91 Å². The lowest BCUT2D eigenvalue weighted by molar-refractivity contribution is -0.133. The molecule has 0 spiro atoms. The van der Waals surface area contributed by atoms with Crippen LogP contribution in [0, 0.1) is 0 Å². The third-order valence-corrected chi connectivity index (χ3v) is 5.33. The molecule has 2 bridgehead atoms. The van der Waals surface area contributed by atoms with Gasteiger partial charge in [-0.2, -0.15) is 0 Å². The first-order chi connectivity index (χ1) is 12.5. The van der Waals surface area contributed by atoms with Crippen molar-refractivity contribution in [3.63, 3.8) is 0 Å². The number of piperazine rings is 1. The van der Waals surface area contributed by atoms with Crippen molar-refractivity contribution in [2.75, 3.05) is 13.1 Å². The van der Waals surface area contributed by atoms with Crippen molar-refractivity contribution in [2.24, 2.45) is 0 Å². The Labute approximate surface area is 151 Å². The Morgan fingerprint density at radius 2 is 1.92 bits per heavy atom. The predicted molar refractivity (Wildman–Crippen MR) is 90.4 cm³/mol. The number of fused-ring (bicyclic) bond motifs is 2. The summed E-state index contributed by atoms with van der Waals surface area (Å²) in [5.74, 6) is 0.131. The lowest BCUT2D eigenvalue weighted by Gasteiger charge is -2.40. The summed E-state index contributed by atoms with van der Waals surface area (Å²) in [6.45, 7) is 5.14. The Bertz CT molecular complexity index is 784. The van der Waals surface area contributed by atoms with E-state index in [1.807, 2.05) is 23.6 Å². The van der Waals surface area contributed by atoms with E-state index in [0.29, 0.717) is 18.8 Å². The summed E-state index contributed by atoms with van der Waals surface area (Å²) in [5.41, 5.74) is 2.01. The van der Waals surface area contributed by atoms with Crippen molar-refractivity contribution < 1.29 is 18.6 Å². The van der Waals surface area contributed by atoms with Gasteiger partial charge in [0.05, 0.1) is 24.7 Å². The minimum atomic E-state index is -0.0823. The molecule has 138 valence electrons. The first-order valence-electron chi connectivity index (χ1n) is 8.97. The van der Waals surface area contributed by atoms with Crippen LogP contribution < -0.4 is 0 Å². The lowest BCUT2D eigenvalue weighted by atomic mass is 10.0. The molecule has 2 saturated heterocycles. The molecule has 0 aliphatic carbocycles. The van der Waals surface area contributed by atoms with Crippen LogP contribution in [0.25, 0.3) is 0 Å². The zero-order chi connectivity index (χ0) is 18.3. The predicted octanol–water partition coefficient (Wildman–Crippen LogP) is 1.84. The average Bonchev–Trinajstić information content (AvgIpc) is 3.34. The minimum Gasteiger partial charge on any atom is -0.364 e. The monoisotopic (exact) mass is 358 g/mol. The second-order valence-electron chi connectivity index (χ2n) is 7.38. The Morgan fingerprint density at radius 3 is 2.54 bits per heavy atom. The third-order valence-electron chi connectivity index (χ3n) is 5.33. The van der Waals surface area contributed by atoms with Crippen LogP contribution in [0.2, 0.25) is 0 Å². The second-order valence-corrected chi connectivity index (χ2v) is 7.38. The summed E-state index contributed by atoms with van der Waals surface area (Å²) in [4.78, 5) is 29.4. The molecule has 2 amide bonds. The maximum atomic E-state index is 13.1. The van der Waals surface area contributed by atoms with Gasteiger partial charge in [0.1, 0.15) is 12.5 Å². The van der Waals surface area contributed by atoms with Gasteiger partial charge >= 0.3 is 0 Å². The third kappa shape index (κ3) is 2.89. The highest BCUT2D eigenvalue weighted by Gasteiger charge is 2.45. The van der Waals surface area contributed by atoms with E-state index in [-0.39, 0.29) is 36.2 Å². The summed E-state index contributed by atoms with van der Waals surface area (Å²) in [5, 5.41) is 7.58. The molecule has 2 fully saturated rings. The van der Waals surface area contributed by atoms with Gasteiger partial charge in [0.25, 0.3) is 5.91 Å². The smallest absolute Gasteiger partial charge is 0.276 e. The molecular formula is C18H22N4O4. The quantitative estimate of drug-likeness (QED) is 0.828. The largest absolute Gasteiger partial charge is 0.364 e. The number of hydrogen-bond acceptors (Lipinski definition) is 6. The molecule has 2 aromatic heterocycles. The van der Waals surface area contributed by atoms with Crippen molar-refractivity contribution in [1.82, 2.24) is 20.1 Å². The van der Waals surface area contributed by atoms with Crippen LogP contribution >= 0.6 is 0 Å². The van der Waals surface area contributed by atoms with Gasteiger partial charge in [-0.05, 0) is 18.8 Å². The van der Waals surface area contributed by atoms with Crippen LogP contribution in [0.4, 0.5) is 0 Å². The normalized spacial score (nSPS) is 22.3. The fourth-order valence-corrected chi connectivity index (χ4v) is 3.98. The topological polar surface area (TPSA) is 92.7 Å². The first kappa shape index (κ1) is 16.8. The highest BCUT2D eigenvalue weighted by molar-refractivity contribution is 5.94. The van der Waals surface area contributed by atoms with Crippen LogP contribution in [-0.2, 0) is 11.2 Å². The van der Waals surface area contributed by atoms with Crippen molar-refractivity contribution >= 4 is 11.8 Å². The number of aromatic nitrogens is 2. The number of carbonyl (C=O) groups is 2. The van der Waals surface area contributed by atoms with Crippen LogP contribution in [0.1, 0.15) is 54.2 Å². The van der Waals surface area contributed by atoms with Gasteiger partial charge in [0, 0.05) is 24.2 Å². The molecule has 4 heterocycles. The van der Waals surface area contributed by atoms with Gasteiger partial charge in [-0.25, -0.2) is 0 Å². The maximum Gasteiger partial charge on any atom is 0.276 e. The molecular weight excluding hydrogens is 336 g/mol. The molecule has 0 saturated carbocycles. The first-order valence-corrected chi connectivity index (χ1v) is 8.97. The van der Waals surface area contributed by atoms with E-state index in [1.165, 1.54) is 6.26 Å². The summed E-state index contributed by atoms with van der Waals surface area (Å²) < 4.78 is 9.84. The van der Waals surface area contributed by atoms with E-state index < -0.39 is 0 Å². The van der Waals surface area contributed by atoms with E-state index in [2.05, 4.69) is 10.3 Å². The summed E-state index contributed by atoms with van der Waals surface area (Å²) in [7, 11) is 0. The molecule has 2 aromatic rings. The molecule has 8 heteroatoms. The minimum absolute atomic E-state index is 0.0318. The number of hydrogen-bond donors (Lipinski definition) is 0. The molecule has 2 atom stereocenters. The van der Waals surface area contributed by atoms with E-state index in [0.717, 1.165) is 24.0 Å². The number of likely N-dealkylation sites (tertiary alicyclic amines) is 1. The number of amides is 2. The van der Waals surface area contributed by atoms with E-state index in [1.54, 1.807) is 12.5 Å². The molecule has 2 aliphatic heterocycles. The van der Waals surface area contributed by atoms with Crippen molar-refractivity contribution in [3.05, 3.63) is 35.5 Å². The Balaban J connectivity index is 1.47. The molecule has 0 N–H and O–H groups in total. The van der Waals surface area contributed by atoms with Gasteiger partial charge in [0.15, 0.2) is 5.69 Å². The van der Waals surface area contributed by atoms with Crippen molar-refractivity contribution in [3.8, 4) is 0 Å². The zero-order valence-electron chi connectivity index (χ0n) is 14.9. The second kappa shape index (κ2) is 6.59. The Hall–Kier alpha value is -2.64. The number of rotatable bonds is 4. The average molecular weight is 358 g/mol. The van der Waals surface area contributed by atoms with E-state index in [4.69, 9.17) is 9.05 Å². The van der Waals surface area contributed by atoms with E-state index in [9.17, 15) is 9.59 Å². The van der Waals surface area contributed by atoms with Crippen LogP contribution in [0.5, 0.6) is 0 Å². The highest BCUT2D eigenvalue weighted by atomic mass is 16.5. The number of nitrogens with zero attached hydrogens (tertiary/aromatic N) is 4. The fourth-order valence-electron chi connectivity index (χ4n) is 3.98. The Kier molecular flexibility index (Phi) is 4.26. The zero-order valence-corrected chi connectivity index (χ0v) is 14.9. The standard InChI is InChI=1S/C18H22N4O4/c1-11(2)15-10-26-20-17(15)18(24)22-13-3-4-14(22)8-21(7-13)16(23)5-12-6-19-25-9-12/h6,9-11,13-14H,3-5,7-8H2,1-2H3/t13-,14+. The lowest BCUT2D eigenvalue weighted by Crippen LogP contribution is -2.57. The summed E-state index contributed by atoms with van der Waals surface area (Å²) in [6, 6.07) is 0.0637.